The number of fused-ring (bicyclic) bond motifs is 1. The van der Waals surface area contributed by atoms with Crippen LogP contribution in [0, 0.1) is 0 Å². The van der Waals surface area contributed by atoms with Crippen LogP contribution in [0.4, 0.5) is 0 Å². The fourth-order valence-corrected chi connectivity index (χ4v) is 1.31. The molecule has 0 aliphatic rings. The summed E-state index contributed by atoms with van der Waals surface area (Å²) in [5, 5.41) is 15.7. The van der Waals surface area contributed by atoms with E-state index in [9.17, 15) is 4.79 Å². The van der Waals surface area contributed by atoms with E-state index in [1.807, 2.05) is 24.3 Å². The van der Waals surface area contributed by atoms with Gasteiger partial charge < -0.3 is 29.6 Å². The molecule has 13 heteroatoms. The lowest BCUT2D eigenvalue weighted by Gasteiger charge is -1.97. The number of nitrogens with zero attached hydrogens (tertiary/aromatic N) is 2. The quantitative estimate of drug-likeness (QED) is 0.258. The Morgan fingerprint density at radius 1 is 1.11 bits per heavy atom. The van der Waals surface area contributed by atoms with Gasteiger partial charge in [-0.2, -0.15) is 0 Å². The average Bonchev–Trinajstić information content (AvgIpc) is 2.61. The molecule has 1 aromatic heterocycles. The summed E-state index contributed by atoms with van der Waals surface area (Å²) in [6, 6.07) is 7.43. The fraction of sp³-hybridized carbons (Fsp3) is 0.214. The molecule has 0 saturated heterocycles. The summed E-state index contributed by atoms with van der Waals surface area (Å²) in [6.45, 7) is 2.91. The number of ether oxygens (including phenoxy) is 1. The van der Waals surface area contributed by atoms with E-state index in [2.05, 4.69) is 21.3 Å². The Morgan fingerprint density at radius 2 is 1.44 bits per heavy atom. The maximum atomic E-state index is 9.84. The van der Waals surface area contributed by atoms with Crippen molar-refractivity contribution in [2.45, 2.75) is 0 Å². The second kappa shape index (κ2) is 15.4. The standard InChI is InChI=1S/C8H4Cl2N2.C4H6O2.C2H6O2.H3O4P/c9-7-8(10)12-6-4-2-1-3-5(6)11-7;1-3-4(5)6-2;3-1-2-4;1-5(2,3)4/h1-4H;3H,1H2,2H3;3-4H,1-2H2;(H3,1,2,3,4). The zero-order valence-electron chi connectivity index (χ0n) is 14.1. The van der Waals surface area contributed by atoms with Gasteiger partial charge in [0.25, 0.3) is 0 Å². The van der Waals surface area contributed by atoms with E-state index in [-0.39, 0.29) is 23.5 Å². The van der Waals surface area contributed by atoms with Gasteiger partial charge in [0, 0.05) is 6.08 Å². The van der Waals surface area contributed by atoms with E-state index in [1.165, 1.54) is 7.11 Å². The summed E-state index contributed by atoms with van der Waals surface area (Å²) < 4.78 is 13.0. The number of esters is 1. The molecule has 152 valence electrons. The molecule has 1 aromatic carbocycles. The lowest BCUT2D eigenvalue weighted by atomic mass is 10.3. The number of methoxy groups -OCH3 is 1. The van der Waals surface area contributed by atoms with E-state index in [0.717, 1.165) is 17.1 Å². The molecule has 10 nitrogen and oxygen atoms in total. The van der Waals surface area contributed by atoms with Gasteiger partial charge in [-0.15, -0.1) is 0 Å². The highest BCUT2D eigenvalue weighted by molar-refractivity contribution is 7.45. The van der Waals surface area contributed by atoms with Gasteiger partial charge >= 0.3 is 13.8 Å². The SMILES string of the molecule is C=CC(=O)OC.Clc1nc2ccccc2nc1Cl.O=P(O)(O)O.OCCO. The monoisotopic (exact) mass is 444 g/mol. The molecule has 0 atom stereocenters. The van der Waals surface area contributed by atoms with Crippen molar-refractivity contribution in [1.82, 2.24) is 9.97 Å². The number of aliphatic hydroxyl groups is 2. The predicted molar refractivity (Wildman–Crippen MR) is 100 cm³/mol. The van der Waals surface area contributed by atoms with Crippen LogP contribution in [0.1, 0.15) is 0 Å². The van der Waals surface area contributed by atoms with Crippen LogP contribution in [0.5, 0.6) is 0 Å². The van der Waals surface area contributed by atoms with Gasteiger partial charge in [0.05, 0.1) is 31.4 Å². The third-order valence-corrected chi connectivity index (χ3v) is 2.58. The van der Waals surface area contributed by atoms with Crippen molar-refractivity contribution in [2.75, 3.05) is 20.3 Å². The molecular weight excluding hydrogens is 426 g/mol. The molecule has 2 rings (SSSR count). The van der Waals surface area contributed by atoms with Gasteiger partial charge in [0.1, 0.15) is 0 Å². The van der Waals surface area contributed by atoms with Gasteiger partial charge in [-0.25, -0.2) is 19.3 Å². The molecule has 2 aromatic rings. The van der Waals surface area contributed by atoms with Crippen LogP contribution < -0.4 is 0 Å². The molecule has 0 radical (unpaired) electrons. The Kier molecular flexibility index (Phi) is 15.8. The van der Waals surface area contributed by atoms with Crippen LogP contribution in [0.25, 0.3) is 11.0 Å². The van der Waals surface area contributed by atoms with E-state index in [1.54, 1.807) is 0 Å². The Labute approximate surface area is 164 Å². The van der Waals surface area contributed by atoms with Crippen LogP contribution in [0.15, 0.2) is 36.9 Å². The third-order valence-electron chi connectivity index (χ3n) is 1.96. The van der Waals surface area contributed by atoms with E-state index in [4.69, 9.17) is 52.7 Å². The molecule has 0 aliphatic carbocycles. The van der Waals surface area contributed by atoms with Crippen LogP contribution >= 0.6 is 31.0 Å². The highest BCUT2D eigenvalue weighted by atomic mass is 35.5. The largest absolute Gasteiger partial charge is 0.466 e. The number of para-hydroxylation sites is 2. The molecule has 5 N–H and O–H groups in total. The summed E-state index contributed by atoms with van der Waals surface area (Å²) >= 11 is 11.4. The molecule has 0 aliphatic heterocycles. The number of carbonyl (C=O) groups is 1. The van der Waals surface area contributed by atoms with Gasteiger partial charge in [-0.05, 0) is 12.1 Å². The molecule has 0 saturated carbocycles. The Balaban J connectivity index is 0. The summed E-state index contributed by atoms with van der Waals surface area (Å²) in [6.07, 6.45) is 1.11. The van der Waals surface area contributed by atoms with Crippen molar-refractivity contribution < 1.29 is 39.0 Å². The summed E-state index contributed by atoms with van der Waals surface area (Å²) in [4.78, 5) is 39.5. The van der Waals surface area contributed by atoms with Crippen molar-refractivity contribution in [2.24, 2.45) is 0 Å². The first-order chi connectivity index (χ1) is 12.5. The van der Waals surface area contributed by atoms with Crippen molar-refractivity contribution in [1.29, 1.82) is 0 Å². The van der Waals surface area contributed by atoms with E-state index >= 15 is 0 Å². The third kappa shape index (κ3) is 17.5. The first-order valence-corrected chi connectivity index (χ1v) is 9.10. The molecular formula is C14H19Cl2N2O8P. The van der Waals surface area contributed by atoms with Crippen LogP contribution in [-0.4, -0.2) is 61.2 Å². The Hall–Kier alpha value is -1.62. The minimum absolute atomic E-state index is 0.125. The van der Waals surface area contributed by atoms with Gasteiger partial charge in [-0.1, -0.05) is 41.9 Å². The van der Waals surface area contributed by atoms with Crippen molar-refractivity contribution >= 4 is 48.0 Å². The number of rotatable bonds is 2. The van der Waals surface area contributed by atoms with Crippen LogP contribution in [-0.2, 0) is 14.1 Å². The first-order valence-electron chi connectivity index (χ1n) is 6.78. The first kappa shape index (κ1) is 27.6. The Morgan fingerprint density at radius 3 is 1.63 bits per heavy atom. The maximum absolute atomic E-state index is 9.84. The lowest BCUT2D eigenvalue weighted by molar-refractivity contribution is -0.134. The zero-order chi connectivity index (χ0) is 21.5. The Bertz CT molecular complexity index is 706. The smallest absolute Gasteiger partial charge is 0.466 e. The fourth-order valence-electron chi connectivity index (χ4n) is 1.04. The number of halogens is 2. The highest BCUT2D eigenvalue weighted by Gasteiger charge is 2.02. The highest BCUT2D eigenvalue weighted by Crippen LogP contribution is 2.25. The van der Waals surface area contributed by atoms with Crippen molar-refractivity contribution in [3.63, 3.8) is 0 Å². The van der Waals surface area contributed by atoms with Crippen LogP contribution in [0.2, 0.25) is 10.3 Å². The number of aromatic nitrogens is 2. The van der Waals surface area contributed by atoms with E-state index in [0.29, 0.717) is 0 Å². The maximum Gasteiger partial charge on any atom is 0.466 e. The number of carbonyl (C=O) groups excluding carboxylic acids is 1. The summed E-state index contributed by atoms with van der Waals surface area (Å²) in [5.74, 6) is -0.394. The summed E-state index contributed by atoms with van der Waals surface area (Å²) in [7, 11) is -3.33. The minimum atomic E-state index is -4.64. The number of hydrogen-bond acceptors (Lipinski definition) is 7. The molecule has 0 bridgehead atoms. The lowest BCUT2D eigenvalue weighted by Crippen LogP contribution is -1.91. The van der Waals surface area contributed by atoms with Gasteiger partial charge in [0.15, 0.2) is 10.3 Å². The van der Waals surface area contributed by atoms with Gasteiger partial charge in [-0.3, -0.25) is 0 Å². The second-order valence-electron chi connectivity index (χ2n) is 3.98. The molecule has 0 amide bonds. The average molecular weight is 445 g/mol. The van der Waals surface area contributed by atoms with Crippen molar-refractivity contribution in [3.8, 4) is 0 Å². The molecule has 0 unspecified atom stereocenters. The molecule has 0 fully saturated rings. The number of phosphoric acid groups is 1. The molecule has 1 heterocycles. The number of aliphatic hydroxyl groups excluding tert-OH is 2. The van der Waals surface area contributed by atoms with Gasteiger partial charge in [0.2, 0.25) is 0 Å². The summed E-state index contributed by atoms with van der Waals surface area (Å²) in [5.41, 5.74) is 1.51. The number of benzene rings is 1. The van der Waals surface area contributed by atoms with E-state index < -0.39 is 13.8 Å². The second-order valence-corrected chi connectivity index (χ2v) is 5.72. The molecule has 0 spiro atoms. The molecule has 27 heavy (non-hydrogen) atoms. The van der Waals surface area contributed by atoms with Crippen molar-refractivity contribution in [3.05, 3.63) is 47.2 Å². The minimum Gasteiger partial charge on any atom is -0.466 e. The topological polar surface area (TPSA) is 170 Å². The van der Waals surface area contributed by atoms with Crippen LogP contribution in [0.3, 0.4) is 0 Å². The predicted octanol–water partition coefficient (Wildman–Crippen LogP) is 1.32. The zero-order valence-corrected chi connectivity index (χ0v) is 16.5. The number of hydrogen-bond donors (Lipinski definition) is 5. The normalized spacial score (nSPS) is 9.48.